The monoisotopic (exact) mass is 582 g/mol. The smallest absolute Gasteiger partial charge is 0.331 e. The number of aliphatic hydroxyl groups excluding tert-OH is 2. The maximum atomic E-state index is 12.4. The van der Waals surface area contributed by atoms with Crippen LogP contribution in [-0.2, 0) is 19.0 Å². The van der Waals surface area contributed by atoms with Crippen LogP contribution in [0.25, 0.3) is 0 Å². The van der Waals surface area contributed by atoms with Crippen molar-refractivity contribution in [3.8, 4) is 0 Å². The van der Waals surface area contributed by atoms with Gasteiger partial charge in [-0.25, -0.2) is 4.79 Å². The summed E-state index contributed by atoms with van der Waals surface area (Å²) in [7, 11) is 0. The largest absolute Gasteiger partial charge is 0.458 e. The maximum absolute atomic E-state index is 12.4. The Bertz CT molecular complexity index is 957. The summed E-state index contributed by atoms with van der Waals surface area (Å²) in [5.74, 6) is 1.27. The van der Waals surface area contributed by atoms with Crippen LogP contribution in [0.3, 0.4) is 0 Å². The summed E-state index contributed by atoms with van der Waals surface area (Å²) in [6.07, 6.45) is 7.74. The van der Waals surface area contributed by atoms with E-state index in [1.165, 1.54) is 0 Å². The Kier molecular flexibility index (Phi) is 6.69. The van der Waals surface area contributed by atoms with E-state index in [-0.39, 0.29) is 34.7 Å². The molecule has 0 aromatic rings. The standard InChI is InChI=1S/C29H43BrO7/c1-15-24(32)23(30)25(33)26(36-15)37-18-6-9-27(2)17(13-18)4-5-21-20(27)7-10-28(3)19(8-11-29(21,28)34)16-12-22(31)35-14-16/h12,15,17-21,23-26,32-34H,4-11,13-14H2,1-3H3/t15-,17-,18+,19-,20+,21-,23-,24-,25+,26-,27+,28-,29+/m1/s1. The lowest BCUT2D eigenvalue weighted by atomic mass is 9.43. The van der Waals surface area contributed by atoms with E-state index < -0.39 is 35.0 Å². The second-order valence-electron chi connectivity index (χ2n) is 13.5. The SMILES string of the molecule is C[C@H]1O[C@H](O[C@H]2CC[C@@]3(C)[C@H](CC[C@@H]4[C@@H]3CC[C@]3(C)[C@@H](C5=CC(=O)OC5)CC[C@]43O)C2)[C@@H](O)[C@H](Br)[C@@H]1O. The van der Waals surface area contributed by atoms with Crippen LogP contribution in [0.15, 0.2) is 11.6 Å². The maximum Gasteiger partial charge on any atom is 0.331 e. The molecule has 208 valence electrons. The highest BCUT2D eigenvalue weighted by molar-refractivity contribution is 9.09. The molecular formula is C29H43BrO7. The number of alkyl halides is 1. The van der Waals surface area contributed by atoms with Gasteiger partial charge in [0.05, 0.1) is 28.7 Å². The number of carbonyl (C=O) groups excluding carboxylic acids is 1. The van der Waals surface area contributed by atoms with Crippen molar-refractivity contribution in [1.29, 1.82) is 0 Å². The lowest BCUT2D eigenvalue weighted by molar-refractivity contribution is -0.282. The molecule has 2 heterocycles. The van der Waals surface area contributed by atoms with Gasteiger partial charge in [-0.3, -0.25) is 0 Å². The van der Waals surface area contributed by atoms with Gasteiger partial charge in [-0.05, 0) is 99.4 Å². The molecule has 4 aliphatic carbocycles. The molecule has 0 bridgehead atoms. The zero-order chi connectivity index (χ0) is 26.3. The molecule has 2 aliphatic heterocycles. The summed E-state index contributed by atoms with van der Waals surface area (Å²) < 4.78 is 17.4. The minimum absolute atomic E-state index is 0.0241. The van der Waals surface area contributed by atoms with Crippen LogP contribution < -0.4 is 0 Å². The number of cyclic esters (lactones) is 1. The second kappa shape index (κ2) is 9.27. The number of hydrogen-bond donors (Lipinski definition) is 3. The van der Waals surface area contributed by atoms with Gasteiger partial charge in [0.25, 0.3) is 0 Å². The molecule has 8 heteroatoms. The minimum atomic E-state index is -0.911. The van der Waals surface area contributed by atoms with Crippen LogP contribution in [0.4, 0.5) is 0 Å². The third-order valence-electron chi connectivity index (χ3n) is 12.0. The lowest BCUT2D eigenvalue weighted by Crippen LogP contribution is -2.62. The first-order valence-corrected chi connectivity index (χ1v) is 15.3. The van der Waals surface area contributed by atoms with Crippen molar-refractivity contribution in [2.75, 3.05) is 6.61 Å². The second-order valence-corrected chi connectivity index (χ2v) is 14.5. The number of aliphatic hydroxyl groups is 3. The number of carbonyl (C=O) groups is 1. The predicted octanol–water partition coefficient (Wildman–Crippen LogP) is 3.86. The molecule has 4 saturated carbocycles. The van der Waals surface area contributed by atoms with Gasteiger partial charge in [-0.15, -0.1) is 0 Å². The topological polar surface area (TPSA) is 105 Å². The number of fused-ring (bicyclic) bond motifs is 5. The van der Waals surface area contributed by atoms with Gasteiger partial charge in [0.1, 0.15) is 12.7 Å². The number of esters is 1. The first-order valence-electron chi connectivity index (χ1n) is 14.4. The summed E-state index contributed by atoms with van der Waals surface area (Å²) >= 11 is 3.42. The average molecular weight is 584 g/mol. The van der Waals surface area contributed by atoms with Gasteiger partial charge >= 0.3 is 5.97 Å². The van der Waals surface area contributed by atoms with Crippen molar-refractivity contribution >= 4 is 21.9 Å². The van der Waals surface area contributed by atoms with E-state index in [4.69, 9.17) is 14.2 Å². The van der Waals surface area contributed by atoms with E-state index in [0.29, 0.717) is 18.4 Å². The van der Waals surface area contributed by atoms with Gasteiger partial charge in [0.15, 0.2) is 6.29 Å². The molecule has 37 heavy (non-hydrogen) atoms. The quantitative estimate of drug-likeness (QED) is 0.263. The molecule has 0 aromatic carbocycles. The number of rotatable bonds is 3. The third-order valence-corrected chi connectivity index (χ3v) is 13.1. The van der Waals surface area contributed by atoms with Gasteiger partial charge in [0.2, 0.25) is 0 Å². The fourth-order valence-corrected chi connectivity index (χ4v) is 10.5. The Morgan fingerprint density at radius 3 is 2.54 bits per heavy atom. The summed E-state index contributed by atoms with van der Waals surface area (Å²) in [6, 6.07) is 0. The van der Waals surface area contributed by atoms with Crippen LogP contribution in [0.1, 0.15) is 78.6 Å². The normalized spacial score (nSPS) is 55.6. The van der Waals surface area contributed by atoms with Gasteiger partial charge < -0.3 is 29.5 Å². The van der Waals surface area contributed by atoms with E-state index in [1.807, 2.05) is 6.92 Å². The molecule has 0 amide bonds. The number of halogens is 1. The fourth-order valence-electron chi connectivity index (χ4n) is 9.78. The van der Waals surface area contributed by atoms with Crippen molar-refractivity contribution in [3.05, 3.63) is 11.6 Å². The van der Waals surface area contributed by atoms with Gasteiger partial charge in [0, 0.05) is 11.5 Å². The van der Waals surface area contributed by atoms with Crippen molar-refractivity contribution in [3.63, 3.8) is 0 Å². The molecule has 7 nitrogen and oxygen atoms in total. The van der Waals surface area contributed by atoms with Crippen molar-refractivity contribution in [2.24, 2.45) is 34.5 Å². The number of hydrogen-bond acceptors (Lipinski definition) is 7. The predicted molar refractivity (Wildman–Crippen MR) is 140 cm³/mol. The van der Waals surface area contributed by atoms with Gasteiger partial charge in [-0.1, -0.05) is 29.8 Å². The van der Waals surface area contributed by atoms with E-state index in [0.717, 1.165) is 63.4 Å². The van der Waals surface area contributed by atoms with Gasteiger partial charge in [-0.2, -0.15) is 0 Å². The van der Waals surface area contributed by atoms with Crippen molar-refractivity contribution in [1.82, 2.24) is 0 Å². The van der Waals surface area contributed by atoms with E-state index in [1.54, 1.807) is 6.08 Å². The zero-order valence-corrected chi connectivity index (χ0v) is 23.9. The van der Waals surface area contributed by atoms with Crippen LogP contribution in [0, 0.1) is 34.5 Å². The molecule has 0 unspecified atom stereocenters. The highest BCUT2D eigenvalue weighted by Gasteiger charge is 2.67. The van der Waals surface area contributed by atoms with Crippen molar-refractivity contribution in [2.45, 2.75) is 120 Å². The highest BCUT2D eigenvalue weighted by Crippen LogP contribution is 2.70. The molecule has 3 N–H and O–H groups in total. The Labute approximate surface area is 228 Å². The Hall–Kier alpha value is -0.510. The number of ether oxygens (including phenoxy) is 3. The molecular weight excluding hydrogens is 540 g/mol. The van der Waals surface area contributed by atoms with Crippen molar-refractivity contribution < 1.29 is 34.3 Å². The first-order chi connectivity index (χ1) is 17.5. The molecule has 6 rings (SSSR count). The Morgan fingerprint density at radius 2 is 1.81 bits per heavy atom. The first kappa shape index (κ1) is 26.7. The fraction of sp³-hybridized carbons (Fsp3) is 0.897. The minimum Gasteiger partial charge on any atom is -0.458 e. The molecule has 0 spiro atoms. The van der Waals surface area contributed by atoms with E-state index in [9.17, 15) is 20.1 Å². The molecule has 5 fully saturated rings. The summed E-state index contributed by atoms with van der Waals surface area (Å²) in [6.45, 7) is 6.92. The zero-order valence-electron chi connectivity index (χ0n) is 22.3. The molecule has 13 atom stereocenters. The van der Waals surface area contributed by atoms with E-state index in [2.05, 4.69) is 29.8 Å². The molecule has 1 saturated heterocycles. The van der Waals surface area contributed by atoms with Crippen LogP contribution in [-0.4, -0.2) is 69.0 Å². The summed E-state index contributed by atoms with van der Waals surface area (Å²) in [4.78, 5) is 11.3. The Balaban J connectivity index is 1.16. The molecule has 0 radical (unpaired) electrons. The third kappa shape index (κ3) is 3.94. The van der Waals surface area contributed by atoms with E-state index >= 15 is 0 Å². The highest BCUT2D eigenvalue weighted by atomic mass is 79.9. The lowest BCUT2D eigenvalue weighted by Gasteiger charge is -2.64. The molecule has 6 aliphatic rings. The van der Waals surface area contributed by atoms with Crippen LogP contribution in [0.5, 0.6) is 0 Å². The molecule has 0 aromatic heterocycles. The average Bonchev–Trinajstić information content (AvgIpc) is 3.41. The van der Waals surface area contributed by atoms with Crippen LogP contribution >= 0.6 is 15.9 Å². The van der Waals surface area contributed by atoms with Crippen LogP contribution in [0.2, 0.25) is 0 Å². The summed E-state index contributed by atoms with van der Waals surface area (Å²) in [5.41, 5.74) is 0.339. The summed E-state index contributed by atoms with van der Waals surface area (Å²) in [5, 5.41) is 33.2. The Morgan fingerprint density at radius 1 is 1.03 bits per heavy atom.